The van der Waals surface area contributed by atoms with E-state index in [1.165, 1.54) is 83.5 Å². The van der Waals surface area contributed by atoms with Crippen molar-refractivity contribution in [2.75, 3.05) is 0 Å². The highest BCUT2D eigenvalue weighted by molar-refractivity contribution is 5.94. The molecule has 0 aliphatic carbocycles. The Labute approximate surface area is 154 Å². The van der Waals surface area contributed by atoms with E-state index in [-0.39, 0.29) is 24.3 Å². The van der Waals surface area contributed by atoms with Crippen molar-refractivity contribution < 1.29 is 14.3 Å². The molecule has 0 aromatic heterocycles. The average Bonchev–Trinajstić information content (AvgIpc) is 2.92. The summed E-state index contributed by atoms with van der Waals surface area (Å²) in [5.74, 6) is -0.967. The molecule has 0 spiro atoms. The lowest BCUT2D eigenvalue weighted by molar-refractivity contribution is -0.153. The van der Waals surface area contributed by atoms with Crippen LogP contribution in [0.25, 0.3) is 0 Å². The van der Waals surface area contributed by atoms with Crippen LogP contribution in [0.5, 0.6) is 0 Å². The van der Waals surface area contributed by atoms with Crippen LogP contribution >= 0.6 is 0 Å². The number of rotatable bonds is 16. The Morgan fingerprint density at radius 3 is 1.80 bits per heavy atom. The number of esters is 2. The lowest BCUT2D eigenvalue weighted by atomic mass is 10.0. The summed E-state index contributed by atoms with van der Waals surface area (Å²) < 4.78 is 4.54. The van der Waals surface area contributed by atoms with Crippen LogP contribution in [0.15, 0.2) is 12.2 Å². The second-order valence-electron chi connectivity index (χ2n) is 7.43. The number of carbonyl (C=O) groups excluding carboxylic acids is 2. The van der Waals surface area contributed by atoms with E-state index in [4.69, 9.17) is 0 Å². The molecule has 25 heavy (non-hydrogen) atoms. The molecule has 3 heteroatoms. The Morgan fingerprint density at radius 1 is 0.800 bits per heavy atom. The Balaban J connectivity index is 1.78. The minimum Gasteiger partial charge on any atom is -0.393 e. The molecule has 0 saturated carbocycles. The van der Waals surface area contributed by atoms with Gasteiger partial charge in [-0.2, -0.15) is 0 Å². The predicted molar refractivity (Wildman–Crippen MR) is 103 cm³/mol. The van der Waals surface area contributed by atoms with E-state index in [1.807, 2.05) is 6.08 Å². The molecular weight excluding hydrogens is 312 g/mol. The first-order valence-corrected chi connectivity index (χ1v) is 10.6. The van der Waals surface area contributed by atoms with Gasteiger partial charge in [0.15, 0.2) is 0 Å². The number of ether oxygens (including phenoxy) is 1. The zero-order valence-electron chi connectivity index (χ0n) is 16.3. The highest BCUT2D eigenvalue weighted by atomic mass is 16.6. The van der Waals surface area contributed by atoms with Gasteiger partial charge in [0, 0.05) is 0 Å². The summed E-state index contributed by atoms with van der Waals surface area (Å²) in [6, 6.07) is 0. The molecule has 0 aromatic rings. The fourth-order valence-electron chi connectivity index (χ4n) is 3.36. The summed E-state index contributed by atoms with van der Waals surface area (Å²) >= 11 is 0. The molecule has 1 fully saturated rings. The summed E-state index contributed by atoms with van der Waals surface area (Å²) in [6.07, 6.45) is 24.1. The maximum atomic E-state index is 11.3. The van der Waals surface area contributed by atoms with Gasteiger partial charge in [0.1, 0.15) is 0 Å². The largest absolute Gasteiger partial charge is 0.393 e. The van der Waals surface area contributed by atoms with E-state index in [0.717, 1.165) is 6.42 Å². The van der Waals surface area contributed by atoms with Crippen LogP contribution in [0.4, 0.5) is 0 Å². The van der Waals surface area contributed by atoms with Gasteiger partial charge >= 0.3 is 11.9 Å². The molecule has 0 amide bonds. The van der Waals surface area contributed by atoms with E-state index in [2.05, 4.69) is 17.7 Å². The van der Waals surface area contributed by atoms with Crippen LogP contribution in [0.2, 0.25) is 0 Å². The zero-order valence-corrected chi connectivity index (χ0v) is 16.3. The summed E-state index contributed by atoms with van der Waals surface area (Å²) in [5.41, 5.74) is 0. The lowest BCUT2D eigenvalue weighted by Gasteiger charge is -2.02. The summed E-state index contributed by atoms with van der Waals surface area (Å²) in [4.78, 5) is 22.3. The Kier molecular flexibility index (Phi) is 13.3. The first-order chi connectivity index (χ1) is 12.2. The van der Waals surface area contributed by atoms with Crippen molar-refractivity contribution in [3.63, 3.8) is 0 Å². The quantitative estimate of drug-likeness (QED) is 0.138. The van der Waals surface area contributed by atoms with Crippen molar-refractivity contribution >= 4 is 11.9 Å². The molecule has 1 aliphatic heterocycles. The standard InChI is InChI=1S/C22H38O3/c1-2-3-4-5-6-7-8-9-10-11-12-13-14-15-16-17-18-20-19-21(23)25-22(20)24/h16-17,20H,2-15,18-19H2,1H3/b17-16+/t20-/m1/s1. The van der Waals surface area contributed by atoms with Crippen LogP contribution < -0.4 is 0 Å². The maximum absolute atomic E-state index is 11.3. The van der Waals surface area contributed by atoms with Crippen molar-refractivity contribution in [2.24, 2.45) is 5.92 Å². The number of hydrogen-bond donors (Lipinski definition) is 0. The molecule has 0 aromatic carbocycles. The second kappa shape index (κ2) is 15.2. The Morgan fingerprint density at radius 2 is 1.32 bits per heavy atom. The Bertz CT molecular complexity index is 387. The lowest BCUT2D eigenvalue weighted by Crippen LogP contribution is -2.05. The first kappa shape index (κ1) is 21.9. The molecule has 0 N–H and O–H groups in total. The van der Waals surface area contributed by atoms with Crippen LogP contribution in [-0.2, 0) is 14.3 Å². The smallest absolute Gasteiger partial charge is 0.317 e. The van der Waals surface area contributed by atoms with Gasteiger partial charge in [-0.15, -0.1) is 0 Å². The van der Waals surface area contributed by atoms with Crippen LogP contribution in [-0.4, -0.2) is 11.9 Å². The topological polar surface area (TPSA) is 43.4 Å². The number of carbonyl (C=O) groups is 2. The van der Waals surface area contributed by atoms with Crippen LogP contribution in [0.1, 0.15) is 110 Å². The fraction of sp³-hybridized carbons (Fsp3) is 0.818. The third-order valence-corrected chi connectivity index (χ3v) is 5.02. The molecule has 0 radical (unpaired) electrons. The van der Waals surface area contributed by atoms with Gasteiger partial charge in [-0.3, -0.25) is 9.59 Å². The second-order valence-corrected chi connectivity index (χ2v) is 7.43. The van der Waals surface area contributed by atoms with Crippen molar-refractivity contribution in [3.05, 3.63) is 12.2 Å². The summed E-state index contributed by atoms with van der Waals surface area (Å²) in [6.45, 7) is 2.27. The molecule has 0 bridgehead atoms. The highest BCUT2D eigenvalue weighted by Crippen LogP contribution is 2.20. The van der Waals surface area contributed by atoms with E-state index in [0.29, 0.717) is 6.42 Å². The van der Waals surface area contributed by atoms with Crippen molar-refractivity contribution in [1.29, 1.82) is 0 Å². The molecule has 144 valence electrons. The third kappa shape index (κ3) is 12.0. The molecule has 0 unspecified atom stereocenters. The molecule has 3 nitrogen and oxygen atoms in total. The molecule has 1 heterocycles. The van der Waals surface area contributed by atoms with Gasteiger partial charge in [0.05, 0.1) is 12.3 Å². The van der Waals surface area contributed by atoms with Crippen molar-refractivity contribution in [2.45, 2.75) is 110 Å². The highest BCUT2D eigenvalue weighted by Gasteiger charge is 2.31. The summed E-state index contributed by atoms with van der Waals surface area (Å²) in [5, 5.41) is 0. The predicted octanol–water partition coefficient (Wildman–Crippen LogP) is 6.50. The third-order valence-electron chi connectivity index (χ3n) is 5.02. The van der Waals surface area contributed by atoms with Gasteiger partial charge in [-0.05, 0) is 19.3 Å². The average molecular weight is 351 g/mol. The van der Waals surface area contributed by atoms with Gasteiger partial charge in [0.2, 0.25) is 0 Å². The van der Waals surface area contributed by atoms with Gasteiger partial charge in [-0.1, -0.05) is 96.1 Å². The van der Waals surface area contributed by atoms with Crippen molar-refractivity contribution in [1.82, 2.24) is 0 Å². The van der Waals surface area contributed by atoms with E-state index < -0.39 is 0 Å². The van der Waals surface area contributed by atoms with Crippen molar-refractivity contribution in [3.8, 4) is 0 Å². The molecular formula is C22H38O3. The number of hydrogen-bond acceptors (Lipinski definition) is 3. The number of allylic oxidation sites excluding steroid dienone is 2. The maximum Gasteiger partial charge on any atom is 0.317 e. The van der Waals surface area contributed by atoms with E-state index in [9.17, 15) is 9.59 Å². The SMILES string of the molecule is CCCCCCCCCCCCCCC/C=C/C[C@@H]1CC(=O)OC1=O. The molecule has 1 rings (SSSR count). The molecule has 1 aliphatic rings. The van der Waals surface area contributed by atoms with Crippen LogP contribution in [0, 0.1) is 5.92 Å². The van der Waals surface area contributed by atoms with Gasteiger partial charge in [0.25, 0.3) is 0 Å². The van der Waals surface area contributed by atoms with Gasteiger partial charge in [-0.25, -0.2) is 0 Å². The number of unbranched alkanes of at least 4 members (excludes halogenated alkanes) is 13. The first-order valence-electron chi connectivity index (χ1n) is 10.6. The molecule has 1 saturated heterocycles. The zero-order chi connectivity index (χ0) is 18.2. The minimum atomic E-state index is -0.375. The van der Waals surface area contributed by atoms with Gasteiger partial charge < -0.3 is 4.74 Å². The normalized spacial score (nSPS) is 17.6. The van der Waals surface area contributed by atoms with Crippen LogP contribution in [0.3, 0.4) is 0 Å². The monoisotopic (exact) mass is 350 g/mol. The fourth-order valence-corrected chi connectivity index (χ4v) is 3.36. The Hall–Kier alpha value is -1.12. The minimum absolute atomic E-state index is 0.240. The molecule has 1 atom stereocenters. The summed E-state index contributed by atoms with van der Waals surface area (Å²) in [7, 11) is 0. The number of cyclic esters (lactones) is 2. The van der Waals surface area contributed by atoms with E-state index >= 15 is 0 Å². The van der Waals surface area contributed by atoms with E-state index in [1.54, 1.807) is 0 Å².